The maximum atomic E-state index is 13.0. The number of fused-ring (bicyclic) bond motifs is 1. The predicted molar refractivity (Wildman–Crippen MR) is 102 cm³/mol. The Morgan fingerprint density at radius 2 is 1.74 bits per heavy atom. The van der Waals surface area contributed by atoms with Crippen LogP contribution in [-0.2, 0) is 14.6 Å². The zero-order valence-electron chi connectivity index (χ0n) is 14.5. The Balaban J connectivity index is 2.16. The molecule has 27 heavy (non-hydrogen) atoms. The van der Waals surface area contributed by atoms with Gasteiger partial charge in [-0.25, -0.2) is 8.42 Å². The number of carboxylic acid groups (broad SMARTS) is 1. The van der Waals surface area contributed by atoms with Gasteiger partial charge in [-0.3, -0.25) is 9.59 Å². The van der Waals surface area contributed by atoms with Crippen LogP contribution in [0.15, 0.2) is 47.4 Å². The Morgan fingerprint density at radius 1 is 1.11 bits per heavy atom. The molecule has 3 aromatic rings. The summed E-state index contributed by atoms with van der Waals surface area (Å²) in [4.78, 5) is 27.6. The number of H-pyrrole nitrogens is 1. The van der Waals surface area contributed by atoms with E-state index in [4.69, 9.17) is 11.6 Å². The van der Waals surface area contributed by atoms with E-state index in [0.29, 0.717) is 21.5 Å². The molecular weight excluding hydrogens is 390 g/mol. The summed E-state index contributed by atoms with van der Waals surface area (Å²) in [6.07, 6.45) is 1.08. The van der Waals surface area contributed by atoms with Gasteiger partial charge in [0.1, 0.15) is 0 Å². The number of ketones is 1. The second kappa shape index (κ2) is 6.83. The molecule has 1 heterocycles. The first kappa shape index (κ1) is 19.1. The molecular formula is C19H16ClNO5S. The van der Waals surface area contributed by atoms with Crippen LogP contribution in [0.5, 0.6) is 0 Å². The lowest BCUT2D eigenvalue weighted by Crippen LogP contribution is -2.13. The number of aromatic nitrogens is 1. The van der Waals surface area contributed by atoms with Crippen molar-refractivity contribution in [2.45, 2.75) is 17.7 Å². The number of halogens is 1. The molecule has 0 bridgehead atoms. The van der Waals surface area contributed by atoms with Crippen molar-refractivity contribution < 1.29 is 23.1 Å². The van der Waals surface area contributed by atoms with Crippen molar-refractivity contribution in [3.63, 3.8) is 0 Å². The van der Waals surface area contributed by atoms with Gasteiger partial charge in [-0.2, -0.15) is 0 Å². The number of carbonyl (C=O) groups is 2. The monoisotopic (exact) mass is 405 g/mol. The van der Waals surface area contributed by atoms with Gasteiger partial charge in [0.15, 0.2) is 9.84 Å². The smallest absolute Gasteiger partial charge is 0.310 e. The fourth-order valence-electron chi connectivity index (χ4n) is 2.94. The van der Waals surface area contributed by atoms with Crippen LogP contribution in [0.25, 0.3) is 10.9 Å². The van der Waals surface area contributed by atoms with Crippen LogP contribution in [0, 0.1) is 0 Å². The third-order valence-corrected chi connectivity index (χ3v) is 5.74. The van der Waals surface area contributed by atoms with Crippen LogP contribution >= 0.6 is 11.6 Å². The van der Waals surface area contributed by atoms with Gasteiger partial charge in [0, 0.05) is 33.3 Å². The number of carboxylic acids is 1. The van der Waals surface area contributed by atoms with Crippen LogP contribution in [0.4, 0.5) is 0 Å². The molecule has 0 saturated carbocycles. The first-order valence-electron chi connectivity index (χ1n) is 7.98. The van der Waals surface area contributed by atoms with E-state index in [9.17, 15) is 23.1 Å². The first-order valence-corrected chi connectivity index (χ1v) is 10.3. The zero-order chi connectivity index (χ0) is 19.9. The summed E-state index contributed by atoms with van der Waals surface area (Å²) < 4.78 is 23.2. The second-order valence-corrected chi connectivity index (χ2v) is 8.74. The second-order valence-electron chi connectivity index (χ2n) is 6.29. The summed E-state index contributed by atoms with van der Waals surface area (Å²) in [6.45, 7) is 1.50. The van der Waals surface area contributed by atoms with E-state index >= 15 is 0 Å². The fourth-order valence-corrected chi connectivity index (χ4v) is 3.74. The van der Waals surface area contributed by atoms with Crippen molar-refractivity contribution in [2.75, 3.05) is 6.26 Å². The van der Waals surface area contributed by atoms with E-state index < -0.39 is 27.5 Å². The topological polar surface area (TPSA) is 104 Å². The van der Waals surface area contributed by atoms with E-state index in [0.717, 1.165) is 6.26 Å². The molecule has 0 aliphatic carbocycles. The van der Waals surface area contributed by atoms with Crippen LogP contribution in [0.1, 0.15) is 34.5 Å². The summed E-state index contributed by atoms with van der Waals surface area (Å²) in [6, 6.07) is 10.4. The molecule has 1 aromatic heterocycles. The van der Waals surface area contributed by atoms with Gasteiger partial charge >= 0.3 is 5.97 Å². The molecule has 0 fully saturated rings. The van der Waals surface area contributed by atoms with Gasteiger partial charge in [0.25, 0.3) is 0 Å². The molecule has 140 valence electrons. The number of hydrogen-bond donors (Lipinski definition) is 2. The maximum absolute atomic E-state index is 13.0. The quantitative estimate of drug-likeness (QED) is 0.630. The third-order valence-electron chi connectivity index (χ3n) is 4.38. The molecule has 1 atom stereocenters. The number of aliphatic carboxylic acids is 1. The summed E-state index contributed by atoms with van der Waals surface area (Å²) >= 11 is 6.00. The zero-order valence-corrected chi connectivity index (χ0v) is 16.1. The van der Waals surface area contributed by atoms with Crippen molar-refractivity contribution in [3.8, 4) is 0 Å². The first-order chi connectivity index (χ1) is 12.6. The average molecular weight is 406 g/mol. The number of aromatic amines is 1. The van der Waals surface area contributed by atoms with Crippen LogP contribution in [0.3, 0.4) is 0 Å². The number of sulfone groups is 1. The fraction of sp³-hybridized carbons (Fsp3) is 0.158. The van der Waals surface area contributed by atoms with Gasteiger partial charge in [-0.15, -0.1) is 0 Å². The van der Waals surface area contributed by atoms with Crippen molar-refractivity contribution in [2.24, 2.45) is 0 Å². The highest BCUT2D eigenvalue weighted by atomic mass is 35.5. The van der Waals surface area contributed by atoms with E-state index in [1.807, 2.05) is 0 Å². The Bertz CT molecular complexity index is 1160. The average Bonchev–Trinajstić information content (AvgIpc) is 2.97. The highest BCUT2D eigenvalue weighted by Crippen LogP contribution is 2.32. The lowest BCUT2D eigenvalue weighted by atomic mass is 9.94. The highest BCUT2D eigenvalue weighted by molar-refractivity contribution is 7.90. The van der Waals surface area contributed by atoms with Crippen LogP contribution < -0.4 is 0 Å². The SMILES string of the molecule is CC(C(=O)O)c1c(C(=O)c2ccc(S(C)(=O)=O)cc2)[nH]c2cc(Cl)ccc12. The molecule has 2 N–H and O–H groups in total. The van der Waals surface area contributed by atoms with E-state index in [1.54, 1.807) is 18.2 Å². The molecule has 8 heteroatoms. The van der Waals surface area contributed by atoms with E-state index in [-0.39, 0.29) is 16.2 Å². The van der Waals surface area contributed by atoms with Gasteiger partial charge in [0.2, 0.25) is 5.78 Å². The minimum atomic E-state index is -3.38. The van der Waals surface area contributed by atoms with Gasteiger partial charge in [-0.1, -0.05) is 17.7 Å². The molecule has 0 radical (unpaired) electrons. The van der Waals surface area contributed by atoms with Gasteiger partial charge in [-0.05, 0) is 43.3 Å². The Labute approximate surface area is 160 Å². The number of rotatable bonds is 5. The predicted octanol–water partition coefficient (Wildman–Crippen LogP) is 3.64. The number of carbonyl (C=O) groups excluding carboxylic acids is 1. The lowest BCUT2D eigenvalue weighted by molar-refractivity contribution is -0.138. The minimum absolute atomic E-state index is 0.0987. The van der Waals surface area contributed by atoms with Crippen molar-refractivity contribution in [1.82, 2.24) is 4.98 Å². The van der Waals surface area contributed by atoms with Crippen LogP contribution in [0.2, 0.25) is 5.02 Å². The standard InChI is InChI=1S/C19H16ClNO5S/c1-10(19(23)24)16-14-8-5-12(20)9-15(14)21-17(16)18(22)11-3-6-13(7-4-11)27(2,25)26/h3-10,21H,1-2H3,(H,23,24). The minimum Gasteiger partial charge on any atom is -0.481 e. The molecule has 0 amide bonds. The largest absolute Gasteiger partial charge is 0.481 e. The van der Waals surface area contributed by atoms with Crippen molar-refractivity contribution >= 4 is 44.1 Å². The molecule has 0 saturated heterocycles. The van der Waals surface area contributed by atoms with E-state index in [1.165, 1.54) is 31.2 Å². The Hall–Kier alpha value is -2.64. The van der Waals surface area contributed by atoms with Crippen molar-refractivity contribution in [3.05, 3.63) is 64.3 Å². The van der Waals surface area contributed by atoms with Crippen LogP contribution in [-0.4, -0.2) is 36.5 Å². The molecule has 6 nitrogen and oxygen atoms in total. The molecule has 1 unspecified atom stereocenters. The summed E-state index contributed by atoms with van der Waals surface area (Å²) in [5, 5.41) is 10.5. The number of hydrogen-bond acceptors (Lipinski definition) is 4. The van der Waals surface area contributed by atoms with Crippen molar-refractivity contribution in [1.29, 1.82) is 0 Å². The van der Waals surface area contributed by atoms with Gasteiger partial charge < -0.3 is 10.1 Å². The summed E-state index contributed by atoms with van der Waals surface area (Å²) in [5.74, 6) is -2.41. The summed E-state index contributed by atoms with van der Waals surface area (Å²) in [5.41, 5.74) is 1.32. The number of benzene rings is 2. The third kappa shape index (κ3) is 3.61. The lowest BCUT2D eigenvalue weighted by Gasteiger charge is -2.09. The molecule has 2 aromatic carbocycles. The maximum Gasteiger partial charge on any atom is 0.310 e. The Morgan fingerprint density at radius 3 is 2.30 bits per heavy atom. The normalized spacial score (nSPS) is 12.9. The Kier molecular flexibility index (Phi) is 4.84. The summed E-state index contributed by atoms with van der Waals surface area (Å²) in [7, 11) is -3.38. The molecule has 0 spiro atoms. The molecule has 3 rings (SSSR count). The molecule has 0 aliphatic heterocycles. The van der Waals surface area contributed by atoms with Gasteiger partial charge in [0.05, 0.1) is 16.5 Å². The molecule has 0 aliphatic rings. The number of nitrogens with one attached hydrogen (secondary N) is 1. The van der Waals surface area contributed by atoms with E-state index in [2.05, 4.69) is 4.98 Å². The highest BCUT2D eigenvalue weighted by Gasteiger charge is 2.27.